The number of hydrogen-bond donors (Lipinski definition) is 2. The van der Waals surface area contributed by atoms with Crippen molar-refractivity contribution in [3.05, 3.63) is 21.0 Å². The standard InChI is InChI=1S/C8H12N4O3/c1-4(2)12-7(14)10-6(9-5(3)13)11-8(12)15/h4H,1-3H3,(H2,9,10,11,13,14,15). The number of nitrogens with zero attached hydrogens (tertiary/aromatic N) is 2. The summed E-state index contributed by atoms with van der Waals surface area (Å²) in [6.07, 6.45) is 0. The molecule has 7 heteroatoms. The van der Waals surface area contributed by atoms with Crippen LogP contribution in [-0.2, 0) is 4.79 Å². The molecule has 0 spiro atoms. The summed E-state index contributed by atoms with van der Waals surface area (Å²) >= 11 is 0. The summed E-state index contributed by atoms with van der Waals surface area (Å²) in [5.41, 5.74) is -1.27. The Hall–Kier alpha value is -1.92. The van der Waals surface area contributed by atoms with E-state index < -0.39 is 17.3 Å². The zero-order valence-corrected chi connectivity index (χ0v) is 8.70. The van der Waals surface area contributed by atoms with E-state index in [1.807, 2.05) is 0 Å². The predicted octanol–water partition coefficient (Wildman–Crippen LogP) is -0.529. The molecule has 0 atom stereocenters. The van der Waals surface area contributed by atoms with Crippen LogP contribution in [0.2, 0.25) is 0 Å². The van der Waals surface area contributed by atoms with Crippen molar-refractivity contribution >= 4 is 11.9 Å². The summed E-state index contributed by atoms with van der Waals surface area (Å²) in [7, 11) is 0. The van der Waals surface area contributed by atoms with E-state index in [1.165, 1.54) is 6.92 Å². The van der Waals surface area contributed by atoms with Gasteiger partial charge >= 0.3 is 11.4 Å². The largest absolute Gasteiger partial charge is 0.355 e. The minimum absolute atomic E-state index is 0.130. The lowest BCUT2D eigenvalue weighted by Gasteiger charge is -2.07. The van der Waals surface area contributed by atoms with Crippen LogP contribution in [0.15, 0.2) is 9.59 Å². The Morgan fingerprint density at radius 3 is 2.47 bits per heavy atom. The highest BCUT2D eigenvalue weighted by molar-refractivity contribution is 5.86. The Kier molecular flexibility index (Phi) is 3.03. The highest BCUT2D eigenvalue weighted by atomic mass is 16.2. The van der Waals surface area contributed by atoms with Crippen molar-refractivity contribution in [2.24, 2.45) is 0 Å². The molecule has 0 radical (unpaired) electrons. The lowest BCUT2D eigenvalue weighted by molar-refractivity contribution is -0.114. The van der Waals surface area contributed by atoms with Gasteiger partial charge in [-0.05, 0) is 13.8 Å². The Morgan fingerprint density at radius 2 is 2.07 bits per heavy atom. The normalized spacial score (nSPS) is 10.4. The van der Waals surface area contributed by atoms with Crippen LogP contribution in [0.3, 0.4) is 0 Å². The van der Waals surface area contributed by atoms with Gasteiger partial charge in [0.2, 0.25) is 11.9 Å². The Morgan fingerprint density at radius 1 is 1.47 bits per heavy atom. The fraction of sp³-hybridized carbons (Fsp3) is 0.500. The highest BCUT2D eigenvalue weighted by Gasteiger charge is 2.08. The molecule has 0 fully saturated rings. The molecule has 0 aliphatic heterocycles. The maximum absolute atomic E-state index is 11.4. The van der Waals surface area contributed by atoms with E-state index in [9.17, 15) is 14.4 Å². The SMILES string of the molecule is CC(=O)Nc1nc(=O)n(C(C)C)c(=O)[nH]1. The predicted molar refractivity (Wildman–Crippen MR) is 53.8 cm³/mol. The van der Waals surface area contributed by atoms with Crippen LogP contribution in [0.4, 0.5) is 5.95 Å². The molecule has 0 saturated heterocycles. The summed E-state index contributed by atoms with van der Waals surface area (Å²) < 4.78 is 0.964. The van der Waals surface area contributed by atoms with Crippen LogP contribution in [0.25, 0.3) is 0 Å². The first-order valence-electron chi connectivity index (χ1n) is 4.42. The Labute approximate surface area is 85.2 Å². The van der Waals surface area contributed by atoms with Gasteiger partial charge in [-0.15, -0.1) is 0 Å². The van der Waals surface area contributed by atoms with Crippen LogP contribution < -0.4 is 16.7 Å². The number of carbonyl (C=O) groups excluding carboxylic acids is 1. The van der Waals surface area contributed by atoms with Crippen LogP contribution in [-0.4, -0.2) is 20.4 Å². The minimum Gasteiger partial charge on any atom is -0.296 e. The van der Waals surface area contributed by atoms with E-state index in [0.29, 0.717) is 0 Å². The van der Waals surface area contributed by atoms with Crippen molar-refractivity contribution in [3.8, 4) is 0 Å². The molecule has 1 amide bonds. The molecular formula is C8H12N4O3. The zero-order chi connectivity index (χ0) is 11.6. The second kappa shape index (κ2) is 4.07. The highest BCUT2D eigenvalue weighted by Crippen LogP contribution is 1.94. The quantitative estimate of drug-likeness (QED) is 0.688. The number of aromatic amines is 1. The summed E-state index contributed by atoms with van der Waals surface area (Å²) in [4.78, 5) is 39.2. The Bertz CT molecular complexity index is 454. The van der Waals surface area contributed by atoms with Gasteiger partial charge in [0.25, 0.3) is 0 Å². The second-order valence-electron chi connectivity index (χ2n) is 3.32. The first kappa shape index (κ1) is 11.2. The van der Waals surface area contributed by atoms with E-state index in [1.54, 1.807) is 13.8 Å². The van der Waals surface area contributed by atoms with Crippen molar-refractivity contribution < 1.29 is 4.79 Å². The molecule has 1 aromatic rings. The van der Waals surface area contributed by atoms with E-state index in [-0.39, 0.29) is 12.0 Å². The second-order valence-corrected chi connectivity index (χ2v) is 3.32. The van der Waals surface area contributed by atoms with E-state index in [4.69, 9.17) is 0 Å². The molecule has 0 bridgehead atoms. The van der Waals surface area contributed by atoms with Gasteiger partial charge in [0.05, 0.1) is 0 Å². The zero-order valence-electron chi connectivity index (χ0n) is 8.70. The van der Waals surface area contributed by atoms with Crippen molar-refractivity contribution in [3.63, 3.8) is 0 Å². The number of amides is 1. The molecule has 0 saturated carbocycles. The van der Waals surface area contributed by atoms with Gasteiger partial charge < -0.3 is 0 Å². The molecule has 1 rings (SSSR count). The van der Waals surface area contributed by atoms with Crippen molar-refractivity contribution in [2.75, 3.05) is 5.32 Å². The van der Waals surface area contributed by atoms with Crippen LogP contribution in [0.1, 0.15) is 26.8 Å². The number of aromatic nitrogens is 3. The molecule has 1 heterocycles. The number of hydrogen-bond acceptors (Lipinski definition) is 4. The minimum atomic E-state index is -0.683. The first-order chi connectivity index (χ1) is 6.91. The smallest absolute Gasteiger partial charge is 0.296 e. The van der Waals surface area contributed by atoms with Gasteiger partial charge in [-0.25, -0.2) is 14.2 Å². The summed E-state index contributed by atoms with van der Waals surface area (Å²) in [6.45, 7) is 4.64. The number of carbonyl (C=O) groups is 1. The maximum Gasteiger partial charge on any atom is 0.355 e. The van der Waals surface area contributed by atoms with E-state index in [2.05, 4.69) is 15.3 Å². The molecule has 1 aromatic heterocycles. The number of anilines is 1. The topological polar surface area (TPSA) is 96.8 Å². The molecule has 15 heavy (non-hydrogen) atoms. The fourth-order valence-corrected chi connectivity index (χ4v) is 1.11. The molecule has 82 valence electrons. The number of rotatable bonds is 2. The number of H-pyrrole nitrogens is 1. The molecule has 0 unspecified atom stereocenters. The molecule has 0 aliphatic rings. The maximum atomic E-state index is 11.4. The van der Waals surface area contributed by atoms with Gasteiger partial charge in [-0.1, -0.05) is 0 Å². The lowest BCUT2D eigenvalue weighted by atomic mass is 10.4. The fourth-order valence-electron chi connectivity index (χ4n) is 1.11. The van der Waals surface area contributed by atoms with Gasteiger partial charge in [-0.3, -0.25) is 15.1 Å². The summed E-state index contributed by atoms with van der Waals surface area (Å²) in [5, 5.41) is 2.23. The van der Waals surface area contributed by atoms with Crippen LogP contribution >= 0.6 is 0 Å². The molecular weight excluding hydrogens is 200 g/mol. The average Bonchev–Trinajstić information content (AvgIpc) is 1.99. The summed E-state index contributed by atoms with van der Waals surface area (Å²) in [6, 6.07) is -0.278. The van der Waals surface area contributed by atoms with E-state index >= 15 is 0 Å². The number of nitrogens with one attached hydrogen (secondary N) is 2. The van der Waals surface area contributed by atoms with Crippen LogP contribution in [0, 0.1) is 0 Å². The lowest BCUT2D eigenvalue weighted by Crippen LogP contribution is -2.39. The van der Waals surface area contributed by atoms with Gasteiger partial charge in [0.1, 0.15) is 0 Å². The average molecular weight is 212 g/mol. The summed E-state index contributed by atoms with van der Waals surface area (Å²) in [5.74, 6) is -0.533. The molecule has 0 aromatic carbocycles. The van der Waals surface area contributed by atoms with Gasteiger partial charge in [0.15, 0.2) is 0 Å². The molecule has 2 N–H and O–H groups in total. The van der Waals surface area contributed by atoms with Crippen molar-refractivity contribution in [1.82, 2.24) is 14.5 Å². The van der Waals surface area contributed by atoms with Gasteiger partial charge in [0, 0.05) is 13.0 Å². The van der Waals surface area contributed by atoms with Gasteiger partial charge in [-0.2, -0.15) is 4.98 Å². The molecule has 7 nitrogen and oxygen atoms in total. The van der Waals surface area contributed by atoms with Crippen molar-refractivity contribution in [2.45, 2.75) is 26.8 Å². The Balaban J connectivity index is 3.26. The van der Waals surface area contributed by atoms with E-state index in [0.717, 1.165) is 4.57 Å². The monoisotopic (exact) mass is 212 g/mol. The molecule has 0 aliphatic carbocycles. The first-order valence-corrected chi connectivity index (χ1v) is 4.42. The van der Waals surface area contributed by atoms with Crippen molar-refractivity contribution in [1.29, 1.82) is 0 Å². The van der Waals surface area contributed by atoms with Crippen LogP contribution in [0.5, 0.6) is 0 Å². The third kappa shape index (κ3) is 2.52. The third-order valence-electron chi connectivity index (χ3n) is 1.67. The third-order valence-corrected chi connectivity index (χ3v) is 1.67.